The summed E-state index contributed by atoms with van der Waals surface area (Å²) in [4.78, 5) is 2.58. The van der Waals surface area contributed by atoms with E-state index in [0.29, 0.717) is 0 Å². The van der Waals surface area contributed by atoms with Crippen molar-refractivity contribution in [2.75, 3.05) is 4.90 Å². The second-order valence-corrected chi connectivity index (χ2v) is 16.1. The van der Waals surface area contributed by atoms with Crippen LogP contribution in [0.2, 0.25) is 0 Å². The zero-order valence-electron chi connectivity index (χ0n) is 30.2. The van der Waals surface area contributed by atoms with Gasteiger partial charge in [0.05, 0.1) is 27.2 Å². The lowest BCUT2D eigenvalue weighted by Crippen LogP contribution is -2.26. The summed E-state index contributed by atoms with van der Waals surface area (Å²) in [6.07, 6.45) is 0. The molecule has 0 saturated carbocycles. The molecule has 0 unspecified atom stereocenters. The number of anilines is 3. The van der Waals surface area contributed by atoms with Crippen molar-refractivity contribution < 1.29 is 4.42 Å². The highest BCUT2D eigenvalue weighted by molar-refractivity contribution is 7.26. The summed E-state index contributed by atoms with van der Waals surface area (Å²) in [5.74, 6) is 0. The van der Waals surface area contributed by atoms with E-state index >= 15 is 0 Å². The van der Waals surface area contributed by atoms with Crippen LogP contribution in [0.3, 0.4) is 0 Å². The molecule has 13 rings (SSSR count). The molecule has 2 heterocycles. The smallest absolute Gasteiger partial charge is 0.153 e. The molecule has 260 valence electrons. The van der Waals surface area contributed by atoms with Crippen molar-refractivity contribution in [3.8, 4) is 22.3 Å². The number of hydrogen-bond donors (Lipinski definition) is 0. The second kappa shape index (κ2) is 11.1. The van der Waals surface area contributed by atoms with Gasteiger partial charge in [-0.2, -0.15) is 0 Å². The minimum Gasteiger partial charge on any atom is -0.455 e. The number of para-hydroxylation sites is 1. The highest BCUT2D eigenvalue weighted by Crippen LogP contribution is 2.65. The van der Waals surface area contributed by atoms with Crippen LogP contribution in [0, 0.1) is 0 Å². The van der Waals surface area contributed by atoms with Crippen molar-refractivity contribution in [1.29, 1.82) is 0 Å². The van der Waals surface area contributed by atoms with Crippen LogP contribution in [0.5, 0.6) is 0 Å². The largest absolute Gasteiger partial charge is 0.455 e. The van der Waals surface area contributed by atoms with E-state index in [0.717, 1.165) is 39.0 Å². The Morgan fingerprint density at radius 3 is 1.80 bits per heavy atom. The number of rotatable bonds is 3. The lowest BCUT2D eigenvalue weighted by atomic mass is 9.70. The lowest BCUT2D eigenvalue weighted by Gasteiger charge is -2.32. The normalized spacial score (nSPS) is 13.5. The van der Waals surface area contributed by atoms with Gasteiger partial charge in [-0.15, -0.1) is 11.3 Å². The minimum absolute atomic E-state index is 0.450. The van der Waals surface area contributed by atoms with Crippen LogP contribution in [0.1, 0.15) is 22.3 Å². The van der Waals surface area contributed by atoms with Crippen molar-refractivity contribution in [1.82, 2.24) is 0 Å². The van der Waals surface area contributed by atoms with Gasteiger partial charge in [-0.25, -0.2) is 0 Å². The summed E-state index contributed by atoms with van der Waals surface area (Å²) in [6, 6.07) is 69.5. The van der Waals surface area contributed by atoms with E-state index in [2.05, 4.69) is 193 Å². The Hall–Kier alpha value is -6.94. The number of hydrogen-bond acceptors (Lipinski definition) is 3. The average Bonchev–Trinajstić information content (AvgIpc) is 4.00. The molecule has 0 aliphatic heterocycles. The maximum Gasteiger partial charge on any atom is 0.153 e. The van der Waals surface area contributed by atoms with E-state index in [4.69, 9.17) is 4.42 Å². The van der Waals surface area contributed by atoms with E-state index in [1.165, 1.54) is 75.5 Å². The highest BCUT2D eigenvalue weighted by Gasteiger charge is 2.52. The first-order valence-electron chi connectivity index (χ1n) is 19.3. The van der Waals surface area contributed by atoms with Gasteiger partial charge in [0.1, 0.15) is 5.58 Å². The molecule has 2 aromatic heterocycles. The molecule has 1 spiro atoms. The first kappa shape index (κ1) is 30.4. The van der Waals surface area contributed by atoms with Crippen LogP contribution in [0.4, 0.5) is 17.1 Å². The van der Waals surface area contributed by atoms with Gasteiger partial charge < -0.3 is 9.32 Å². The third kappa shape index (κ3) is 3.75. The van der Waals surface area contributed by atoms with Crippen molar-refractivity contribution in [2.24, 2.45) is 0 Å². The number of fused-ring (bicyclic) bond motifs is 18. The van der Waals surface area contributed by atoms with Crippen LogP contribution in [-0.4, -0.2) is 0 Å². The van der Waals surface area contributed by atoms with Crippen molar-refractivity contribution in [2.45, 2.75) is 5.41 Å². The molecule has 56 heavy (non-hydrogen) atoms. The molecule has 2 nitrogen and oxygen atoms in total. The molecule has 0 atom stereocenters. The summed E-state index contributed by atoms with van der Waals surface area (Å²) in [5.41, 5.74) is 15.4. The quantitative estimate of drug-likeness (QED) is 0.180. The fourth-order valence-corrected chi connectivity index (χ4v) is 11.5. The Kier molecular flexibility index (Phi) is 6.01. The Morgan fingerprint density at radius 2 is 1.00 bits per heavy atom. The fourth-order valence-electron chi connectivity index (χ4n) is 10.3. The molecule has 0 N–H and O–H groups in total. The van der Waals surface area contributed by atoms with Crippen molar-refractivity contribution in [3.05, 3.63) is 210 Å². The van der Waals surface area contributed by atoms with Crippen LogP contribution in [0.15, 0.2) is 192 Å². The zero-order valence-corrected chi connectivity index (χ0v) is 31.0. The molecule has 0 bridgehead atoms. The SMILES string of the molecule is c1ccc2c(c1)-c1ccccc1C21c2ccccc2-c2c(N(c3cccc4ccccc34)c3cc4c5ccccc5oc4c4sc5ccccc5c34)cccc21. The van der Waals surface area contributed by atoms with Gasteiger partial charge in [0.2, 0.25) is 0 Å². The Bertz CT molecular complexity index is 3410. The van der Waals surface area contributed by atoms with Gasteiger partial charge >= 0.3 is 0 Å². The van der Waals surface area contributed by atoms with Crippen LogP contribution in [-0.2, 0) is 5.41 Å². The fraction of sp³-hybridized carbons (Fsp3) is 0.0189. The van der Waals surface area contributed by atoms with Gasteiger partial charge in [0.25, 0.3) is 0 Å². The maximum absolute atomic E-state index is 6.75. The number of furan rings is 1. The molecule has 2 aliphatic rings. The van der Waals surface area contributed by atoms with Crippen molar-refractivity contribution >= 4 is 81.3 Å². The predicted molar refractivity (Wildman–Crippen MR) is 235 cm³/mol. The summed E-state index contributed by atoms with van der Waals surface area (Å²) in [6.45, 7) is 0. The van der Waals surface area contributed by atoms with E-state index in [-0.39, 0.29) is 0 Å². The molecule has 0 amide bonds. The monoisotopic (exact) mass is 729 g/mol. The van der Waals surface area contributed by atoms with E-state index in [1.54, 1.807) is 0 Å². The van der Waals surface area contributed by atoms with Gasteiger partial charge in [-0.3, -0.25) is 0 Å². The van der Waals surface area contributed by atoms with E-state index < -0.39 is 5.41 Å². The average molecular weight is 730 g/mol. The third-order valence-electron chi connectivity index (χ3n) is 12.5. The molecule has 0 radical (unpaired) electrons. The number of benzene rings is 9. The summed E-state index contributed by atoms with van der Waals surface area (Å²) < 4.78 is 9.17. The van der Waals surface area contributed by atoms with E-state index in [9.17, 15) is 0 Å². The van der Waals surface area contributed by atoms with Gasteiger partial charge in [0, 0.05) is 37.2 Å². The van der Waals surface area contributed by atoms with Gasteiger partial charge in [0.15, 0.2) is 5.58 Å². The molecular formula is C53H31NOS. The highest BCUT2D eigenvalue weighted by atomic mass is 32.1. The zero-order chi connectivity index (χ0) is 36.5. The van der Waals surface area contributed by atoms with Gasteiger partial charge in [-0.05, 0) is 74.7 Å². The van der Waals surface area contributed by atoms with Crippen molar-refractivity contribution in [3.63, 3.8) is 0 Å². The number of nitrogens with zero attached hydrogens (tertiary/aromatic N) is 1. The molecule has 3 heteroatoms. The summed E-state index contributed by atoms with van der Waals surface area (Å²) >= 11 is 1.83. The first-order chi connectivity index (χ1) is 27.8. The predicted octanol–water partition coefficient (Wildman–Crippen LogP) is 14.9. The standard InChI is InChI=1S/C53H31NOS/c1-2-17-33-32(15-1)16-13-27-44(33)54(46-31-39-36-20-6-11-29-47(36)55-51(39)52-50(46)38-22-7-12-30-48(38)56-52)45-28-14-26-43-49(45)37-21-5-10-25-42(37)53(43)40-23-8-3-18-34(40)35-19-4-9-24-41(35)53/h1-31H. The Balaban J connectivity index is 1.22. The summed E-state index contributed by atoms with van der Waals surface area (Å²) in [7, 11) is 0. The molecule has 0 saturated heterocycles. The van der Waals surface area contributed by atoms with Crippen LogP contribution >= 0.6 is 11.3 Å². The first-order valence-corrected chi connectivity index (χ1v) is 20.1. The second-order valence-electron chi connectivity index (χ2n) is 15.1. The van der Waals surface area contributed by atoms with Gasteiger partial charge in [-0.1, -0.05) is 158 Å². The topological polar surface area (TPSA) is 16.4 Å². The van der Waals surface area contributed by atoms with Crippen LogP contribution in [0.25, 0.3) is 75.1 Å². The lowest BCUT2D eigenvalue weighted by molar-refractivity contribution is 0.673. The number of thiophene rings is 1. The molecule has 0 fully saturated rings. The molecule has 9 aromatic carbocycles. The minimum atomic E-state index is -0.450. The third-order valence-corrected chi connectivity index (χ3v) is 13.6. The summed E-state index contributed by atoms with van der Waals surface area (Å²) in [5, 5.41) is 7.11. The maximum atomic E-state index is 6.75. The Morgan fingerprint density at radius 1 is 0.429 bits per heavy atom. The molecule has 11 aromatic rings. The Labute approximate surface area is 327 Å². The molecule has 2 aliphatic carbocycles. The van der Waals surface area contributed by atoms with E-state index in [1.807, 2.05) is 11.3 Å². The van der Waals surface area contributed by atoms with Crippen LogP contribution < -0.4 is 4.90 Å². The molecular weight excluding hydrogens is 699 g/mol.